The molecule has 0 aliphatic rings. The normalized spacial score (nSPS) is 12.9. The third-order valence-corrected chi connectivity index (χ3v) is 4.29. The van der Waals surface area contributed by atoms with Crippen LogP contribution in [0.2, 0.25) is 0 Å². The molecule has 0 spiro atoms. The van der Waals surface area contributed by atoms with Gasteiger partial charge in [0.05, 0.1) is 0 Å². The Balaban J connectivity index is 3.30. The van der Waals surface area contributed by atoms with Crippen LogP contribution in [0.15, 0.2) is 30.5 Å². The zero-order valence-electron chi connectivity index (χ0n) is 15.1. The van der Waals surface area contributed by atoms with Crippen molar-refractivity contribution in [1.29, 1.82) is 0 Å². The Kier molecular flexibility index (Phi) is 6.93. The van der Waals surface area contributed by atoms with E-state index in [0.29, 0.717) is 11.8 Å². The monoisotopic (exact) mass is 300 g/mol. The van der Waals surface area contributed by atoms with Gasteiger partial charge in [0.25, 0.3) is 0 Å². The maximum absolute atomic E-state index is 3.71. The highest BCUT2D eigenvalue weighted by Crippen LogP contribution is 2.40. The highest BCUT2D eigenvalue weighted by molar-refractivity contribution is 5.67. The smallest absolute Gasteiger partial charge is 0.0417 e. The van der Waals surface area contributed by atoms with Crippen molar-refractivity contribution in [3.05, 3.63) is 41.6 Å². The van der Waals surface area contributed by atoms with Crippen molar-refractivity contribution in [1.82, 2.24) is 5.32 Å². The van der Waals surface area contributed by atoms with E-state index >= 15 is 0 Å². The minimum absolute atomic E-state index is 0.204. The summed E-state index contributed by atoms with van der Waals surface area (Å²) in [5.41, 5.74) is 6.78. The van der Waals surface area contributed by atoms with Crippen LogP contribution in [-0.4, -0.2) is 20.6 Å². The highest BCUT2D eigenvalue weighted by atomic mass is 14.8. The van der Waals surface area contributed by atoms with Gasteiger partial charge in [-0.2, -0.15) is 0 Å². The van der Waals surface area contributed by atoms with Crippen molar-refractivity contribution < 1.29 is 0 Å². The quantitative estimate of drug-likeness (QED) is 0.667. The van der Waals surface area contributed by atoms with E-state index in [4.69, 9.17) is 0 Å². The van der Waals surface area contributed by atoms with Crippen LogP contribution in [0.5, 0.6) is 0 Å². The minimum Gasteiger partial charge on any atom is -0.388 e. The molecule has 0 saturated carbocycles. The van der Waals surface area contributed by atoms with Gasteiger partial charge in [0.2, 0.25) is 0 Å². The van der Waals surface area contributed by atoms with E-state index in [1.54, 1.807) is 0 Å². The third kappa shape index (κ3) is 4.76. The van der Waals surface area contributed by atoms with Crippen LogP contribution < -0.4 is 10.6 Å². The van der Waals surface area contributed by atoms with E-state index in [9.17, 15) is 0 Å². The summed E-state index contributed by atoms with van der Waals surface area (Å²) in [6, 6.07) is 6.71. The van der Waals surface area contributed by atoms with Gasteiger partial charge < -0.3 is 10.6 Å². The van der Waals surface area contributed by atoms with Crippen LogP contribution in [0.4, 0.5) is 5.69 Å². The van der Waals surface area contributed by atoms with Crippen LogP contribution >= 0.6 is 0 Å². The second-order valence-corrected chi connectivity index (χ2v) is 7.15. The molecule has 1 unspecified atom stereocenters. The summed E-state index contributed by atoms with van der Waals surface area (Å²) in [5.74, 6) is 1.19. The molecule has 0 heterocycles. The first kappa shape index (κ1) is 18.5. The van der Waals surface area contributed by atoms with E-state index in [1.165, 1.54) is 12.0 Å². The summed E-state index contributed by atoms with van der Waals surface area (Å²) < 4.78 is 0. The summed E-state index contributed by atoms with van der Waals surface area (Å²) in [6.45, 7) is 14.0. The number of rotatable bonds is 8. The molecule has 1 atom stereocenters. The van der Waals surface area contributed by atoms with E-state index in [-0.39, 0.29) is 5.41 Å². The van der Waals surface area contributed by atoms with Gasteiger partial charge in [-0.25, -0.2) is 0 Å². The van der Waals surface area contributed by atoms with Crippen molar-refractivity contribution >= 4 is 11.8 Å². The summed E-state index contributed by atoms with van der Waals surface area (Å²) in [7, 11) is 3.98. The molecule has 1 rings (SSSR count). The van der Waals surface area contributed by atoms with Crippen LogP contribution in [-0.2, 0) is 0 Å². The average molecular weight is 300 g/mol. The van der Waals surface area contributed by atoms with E-state index < -0.39 is 0 Å². The second kappa shape index (κ2) is 8.22. The van der Waals surface area contributed by atoms with Gasteiger partial charge in [0.15, 0.2) is 0 Å². The Morgan fingerprint density at radius 3 is 2.45 bits per heavy atom. The number of hydrogen-bond donors (Lipinski definition) is 2. The molecule has 2 heteroatoms. The maximum atomic E-state index is 3.71. The van der Waals surface area contributed by atoms with E-state index in [2.05, 4.69) is 68.8 Å². The lowest BCUT2D eigenvalue weighted by molar-refractivity contribution is 0.246. The number of hydrogen-bond acceptors (Lipinski definition) is 2. The largest absolute Gasteiger partial charge is 0.388 e. The minimum atomic E-state index is 0.204. The van der Waals surface area contributed by atoms with Gasteiger partial charge in [-0.1, -0.05) is 40.3 Å². The fourth-order valence-corrected chi connectivity index (χ4v) is 3.21. The molecule has 0 fully saturated rings. The standard InChI is InChI=1S/C20H32N2/c1-8-9-17-13-16(10-11-19(17)22-7)18(12-15(2)3)20(4,5)14-21-6/h9-11,13,15,18,21-22H,1,12,14H2,2-7H3. The van der Waals surface area contributed by atoms with Gasteiger partial charge >= 0.3 is 0 Å². The zero-order chi connectivity index (χ0) is 16.8. The Bertz CT molecular complexity index is 523. The molecule has 0 saturated heterocycles. The molecule has 0 amide bonds. The number of anilines is 1. The Labute approximate surface area is 136 Å². The molecular formula is C20H32N2. The Hall–Kier alpha value is -1.50. The molecular weight excluding hydrogens is 268 g/mol. The molecule has 122 valence electrons. The van der Waals surface area contributed by atoms with E-state index in [1.807, 2.05) is 20.2 Å². The number of nitrogens with one attached hydrogen (secondary N) is 2. The molecule has 22 heavy (non-hydrogen) atoms. The van der Waals surface area contributed by atoms with Gasteiger partial charge in [-0.15, -0.1) is 5.73 Å². The van der Waals surface area contributed by atoms with Crippen LogP contribution in [0, 0.1) is 11.3 Å². The Morgan fingerprint density at radius 2 is 1.95 bits per heavy atom. The lowest BCUT2D eigenvalue weighted by atomic mass is 9.71. The molecule has 1 aromatic rings. The highest BCUT2D eigenvalue weighted by Gasteiger charge is 2.31. The van der Waals surface area contributed by atoms with Crippen molar-refractivity contribution in [2.75, 3.05) is 26.0 Å². The zero-order valence-corrected chi connectivity index (χ0v) is 15.1. The summed E-state index contributed by atoms with van der Waals surface area (Å²) in [5, 5.41) is 6.59. The predicted octanol–water partition coefficient (Wildman–Crippen LogP) is 4.90. The maximum Gasteiger partial charge on any atom is 0.0417 e. The molecule has 2 nitrogen and oxygen atoms in total. The fourth-order valence-electron chi connectivity index (χ4n) is 3.21. The third-order valence-electron chi connectivity index (χ3n) is 4.29. The van der Waals surface area contributed by atoms with Gasteiger partial charge in [0.1, 0.15) is 0 Å². The molecule has 0 aromatic heterocycles. The first-order valence-electron chi connectivity index (χ1n) is 8.17. The van der Waals surface area contributed by atoms with Gasteiger partial charge in [-0.05, 0) is 54.5 Å². The van der Waals surface area contributed by atoms with Crippen LogP contribution in [0.25, 0.3) is 6.08 Å². The molecule has 0 radical (unpaired) electrons. The summed E-state index contributed by atoms with van der Waals surface area (Å²) in [6.07, 6.45) is 3.14. The van der Waals surface area contributed by atoms with Gasteiger partial charge in [-0.3, -0.25) is 0 Å². The first-order chi connectivity index (χ1) is 10.4. The molecule has 0 aliphatic carbocycles. The topological polar surface area (TPSA) is 24.1 Å². The summed E-state index contributed by atoms with van der Waals surface area (Å²) in [4.78, 5) is 0. The van der Waals surface area contributed by atoms with E-state index in [0.717, 1.165) is 17.8 Å². The SMILES string of the molecule is C=C=Cc1cc(C(CC(C)C)C(C)(C)CNC)ccc1NC. The van der Waals surface area contributed by atoms with Crippen molar-refractivity contribution in [3.8, 4) is 0 Å². The molecule has 2 N–H and O–H groups in total. The van der Waals surface area contributed by atoms with Crippen LogP contribution in [0.3, 0.4) is 0 Å². The summed E-state index contributed by atoms with van der Waals surface area (Å²) >= 11 is 0. The van der Waals surface area contributed by atoms with Crippen LogP contribution in [0.1, 0.15) is 51.2 Å². The first-order valence-corrected chi connectivity index (χ1v) is 8.17. The lowest BCUT2D eigenvalue weighted by Crippen LogP contribution is -2.33. The predicted molar refractivity (Wildman–Crippen MR) is 99.5 cm³/mol. The molecule has 0 aliphatic heterocycles. The second-order valence-electron chi connectivity index (χ2n) is 7.15. The fraction of sp³-hybridized carbons (Fsp3) is 0.550. The molecule has 0 bridgehead atoms. The molecule has 1 aromatic carbocycles. The Morgan fingerprint density at radius 1 is 1.27 bits per heavy atom. The lowest BCUT2D eigenvalue weighted by Gasteiger charge is -2.36. The van der Waals surface area contributed by atoms with Crippen molar-refractivity contribution in [2.24, 2.45) is 11.3 Å². The van der Waals surface area contributed by atoms with Crippen molar-refractivity contribution in [3.63, 3.8) is 0 Å². The van der Waals surface area contributed by atoms with Gasteiger partial charge in [0, 0.05) is 24.8 Å². The average Bonchev–Trinajstić information content (AvgIpc) is 2.44. The van der Waals surface area contributed by atoms with Crippen molar-refractivity contribution in [2.45, 2.75) is 40.0 Å². The number of benzene rings is 1.